The van der Waals surface area contributed by atoms with Crippen LogP contribution in [0.15, 0.2) is 41.8 Å². The number of hydrogen-bond donors (Lipinski definition) is 1. The van der Waals surface area contributed by atoms with Gasteiger partial charge in [-0.1, -0.05) is 29.8 Å². The van der Waals surface area contributed by atoms with E-state index in [1.807, 2.05) is 30.3 Å². The highest BCUT2D eigenvalue weighted by atomic mass is 35.5. The van der Waals surface area contributed by atoms with E-state index >= 15 is 0 Å². The zero-order chi connectivity index (χ0) is 13.5. The molecule has 0 saturated carbocycles. The topological polar surface area (TPSA) is 29.1 Å². The van der Waals surface area contributed by atoms with Gasteiger partial charge in [-0.05, 0) is 29.1 Å². The van der Waals surface area contributed by atoms with Crippen LogP contribution >= 0.6 is 34.7 Å². The van der Waals surface area contributed by atoms with Gasteiger partial charge in [-0.25, -0.2) is 0 Å². The number of halogens is 1. The molecular formula is C14H14ClNOS2. The maximum Gasteiger partial charge on any atom is 0.230 e. The lowest BCUT2D eigenvalue weighted by molar-refractivity contribution is -0.118. The lowest BCUT2D eigenvalue weighted by atomic mass is 10.2. The summed E-state index contributed by atoms with van der Waals surface area (Å²) in [5, 5.41) is 5.64. The summed E-state index contributed by atoms with van der Waals surface area (Å²) in [4.78, 5) is 13.0. The van der Waals surface area contributed by atoms with Gasteiger partial charge in [0.1, 0.15) is 0 Å². The van der Waals surface area contributed by atoms with E-state index in [-0.39, 0.29) is 5.91 Å². The molecule has 0 bridgehead atoms. The van der Waals surface area contributed by atoms with Crippen molar-refractivity contribution in [3.63, 3.8) is 0 Å². The summed E-state index contributed by atoms with van der Waals surface area (Å²) in [6.45, 7) is 0.527. The minimum absolute atomic E-state index is 0.0570. The average Bonchev–Trinajstić information content (AvgIpc) is 2.90. The normalized spacial score (nSPS) is 10.4. The molecule has 0 saturated heterocycles. The van der Waals surface area contributed by atoms with Gasteiger partial charge in [0, 0.05) is 22.2 Å². The summed E-state index contributed by atoms with van der Waals surface area (Å²) in [6.07, 6.45) is 0. The molecule has 2 aromatic rings. The Balaban J connectivity index is 1.67. The van der Waals surface area contributed by atoms with Crippen molar-refractivity contribution in [1.29, 1.82) is 0 Å². The number of thiophene rings is 1. The molecule has 0 atom stereocenters. The zero-order valence-electron chi connectivity index (χ0n) is 10.3. The Morgan fingerprint density at radius 1 is 1.32 bits per heavy atom. The molecular weight excluding hydrogens is 298 g/mol. The molecule has 0 spiro atoms. The molecule has 1 heterocycles. The van der Waals surface area contributed by atoms with Crippen molar-refractivity contribution in [3.05, 3.63) is 57.2 Å². The summed E-state index contributed by atoms with van der Waals surface area (Å²) >= 11 is 9.23. The van der Waals surface area contributed by atoms with Crippen LogP contribution in [-0.4, -0.2) is 11.7 Å². The Morgan fingerprint density at radius 2 is 2.21 bits per heavy atom. The summed E-state index contributed by atoms with van der Waals surface area (Å²) in [5.41, 5.74) is 1.02. The molecule has 0 unspecified atom stereocenters. The van der Waals surface area contributed by atoms with Crippen molar-refractivity contribution in [3.8, 4) is 0 Å². The molecule has 5 heteroatoms. The van der Waals surface area contributed by atoms with E-state index in [4.69, 9.17) is 11.6 Å². The van der Waals surface area contributed by atoms with Gasteiger partial charge in [0.05, 0.1) is 5.75 Å². The molecule has 1 N–H and O–H groups in total. The van der Waals surface area contributed by atoms with E-state index in [0.29, 0.717) is 17.3 Å². The van der Waals surface area contributed by atoms with Crippen LogP contribution in [0.1, 0.15) is 10.4 Å². The molecule has 2 rings (SSSR count). The molecule has 0 fully saturated rings. The first kappa shape index (κ1) is 14.4. The van der Waals surface area contributed by atoms with Crippen LogP contribution in [-0.2, 0) is 17.1 Å². The number of hydrogen-bond acceptors (Lipinski definition) is 3. The van der Waals surface area contributed by atoms with Gasteiger partial charge in [-0.2, -0.15) is 0 Å². The van der Waals surface area contributed by atoms with Crippen molar-refractivity contribution in [1.82, 2.24) is 5.32 Å². The molecule has 100 valence electrons. The Kier molecular flexibility index (Phi) is 5.76. The second-order valence-electron chi connectivity index (χ2n) is 3.98. The number of carbonyl (C=O) groups is 1. The second kappa shape index (κ2) is 7.58. The van der Waals surface area contributed by atoms with Crippen molar-refractivity contribution in [2.45, 2.75) is 12.3 Å². The van der Waals surface area contributed by atoms with Crippen LogP contribution in [0.4, 0.5) is 0 Å². The molecule has 1 aromatic heterocycles. The van der Waals surface area contributed by atoms with Crippen LogP contribution in [0.2, 0.25) is 5.02 Å². The van der Waals surface area contributed by atoms with E-state index in [1.165, 1.54) is 4.88 Å². The number of benzene rings is 1. The van der Waals surface area contributed by atoms with Gasteiger partial charge >= 0.3 is 0 Å². The molecule has 0 radical (unpaired) electrons. The van der Waals surface area contributed by atoms with E-state index < -0.39 is 0 Å². The van der Waals surface area contributed by atoms with Gasteiger partial charge in [0.2, 0.25) is 5.91 Å². The third-order valence-electron chi connectivity index (χ3n) is 2.44. The average molecular weight is 312 g/mol. The smallest absolute Gasteiger partial charge is 0.230 e. The van der Waals surface area contributed by atoms with Crippen LogP contribution in [0.3, 0.4) is 0 Å². The Bertz CT molecular complexity index is 528. The van der Waals surface area contributed by atoms with E-state index in [9.17, 15) is 4.79 Å². The van der Waals surface area contributed by atoms with Gasteiger partial charge in [-0.3, -0.25) is 4.79 Å². The first-order valence-electron chi connectivity index (χ1n) is 5.85. The minimum Gasteiger partial charge on any atom is -0.351 e. The second-order valence-corrected chi connectivity index (χ2v) is 6.43. The standard InChI is InChI=1S/C14H14ClNOS2/c15-12-4-1-3-11(7-12)8-16-14(17)10-18-9-13-5-2-6-19-13/h1-7H,8-10H2,(H,16,17). The minimum atomic E-state index is 0.0570. The summed E-state index contributed by atoms with van der Waals surface area (Å²) in [5.74, 6) is 1.43. The molecule has 2 nitrogen and oxygen atoms in total. The van der Waals surface area contributed by atoms with E-state index in [1.54, 1.807) is 23.1 Å². The first-order valence-corrected chi connectivity index (χ1v) is 8.26. The molecule has 1 aromatic carbocycles. The van der Waals surface area contributed by atoms with Crippen LogP contribution in [0, 0.1) is 0 Å². The highest BCUT2D eigenvalue weighted by Crippen LogP contribution is 2.16. The molecule has 19 heavy (non-hydrogen) atoms. The fourth-order valence-electron chi connectivity index (χ4n) is 1.54. The maximum absolute atomic E-state index is 11.7. The quantitative estimate of drug-likeness (QED) is 0.875. The monoisotopic (exact) mass is 311 g/mol. The lowest BCUT2D eigenvalue weighted by Crippen LogP contribution is -2.24. The molecule has 1 amide bonds. The summed E-state index contributed by atoms with van der Waals surface area (Å²) in [6, 6.07) is 11.6. The summed E-state index contributed by atoms with van der Waals surface area (Å²) in [7, 11) is 0. The van der Waals surface area contributed by atoms with Crippen LogP contribution < -0.4 is 5.32 Å². The van der Waals surface area contributed by atoms with E-state index in [2.05, 4.69) is 16.8 Å². The highest BCUT2D eigenvalue weighted by Gasteiger charge is 2.03. The number of nitrogens with one attached hydrogen (secondary N) is 1. The molecule has 0 aliphatic rings. The fourth-order valence-corrected chi connectivity index (χ4v) is 3.45. The Hall–Kier alpha value is -0.970. The molecule has 0 aliphatic carbocycles. The number of rotatable bonds is 6. The zero-order valence-corrected chi connectivity index (χ0v) is 12.7. The van der Waals surface area contributed by atoms with Gasteiger partial charge in [-0.15, -0.1) is 23.1 Å². The first-order chi connectivity index (χ1) is 9.24. The third-order valence-corrected chi connectivity index (χ3v) is 4.71. The Morgan fingerprint density at radius 3 is 2.95 bits per heavy atom. The van der Waals surface area contributed by atoms with Gasteiger partial charge < -0.3 is 5.32 Å². The predicted molar refractivity (Wildman–Crippen MR) is 83.8 cm³/mol. The lowest BCUT2D eigenvalue weighted by Gasteiger charge is -2.05. The fraction of sp³-hybridized carbons (Fsp3) is 0.214. The van der Waals surface area contributed by atoms with Crippen molar-refractivity contribution < 1.29 is 4.79 Å². The van der Waals surface area contributed by atoms with Gasteiger partial charge in [0.15, 0.2) is 0 Å². The SMILES string of the molecule is O=C(CSCc1cccs1)NCc1cccc(Cl)c1. The Labute approximate surface area is 126 Å². The molecule has 0 aliphatic heterocycles. The maximum atomic E-state index is 11.7. The predicted octanol–water partition coefficient (Wildman–Crippen LogP) is 3.95. The van der Waals surface area contributed by atoms with Crippen molar-refractivity contribution in [2.75, 3.05) is 5.75 Å². The highest BCUT2D eigenvalue weighted by molar-refractivity contribution is 7.99. The summed E-state index contributed by atoms with van der Waals surface area (Å²) < 4.78 is 0. The van der Waals surface area contributed by atoms with Crippen molar-refractivity contribution >= 4 is 40.6 Å². The largest absolute Gasteiger partial charge is 0.351 e. The number of thioether (sulfide) groups is 1. The van der Waals surface area contributed by atoms with Crippen molar-refractivity contribution in [2.24, 2.45) is 0 Å². The van der Waals surface area contributed by atoms with Gasteiger partial charge in [0.25, 0.3) is 0 Å². The third kappa shape index (κ3) is 5.27. The van der Waals surface area contributed by atoms with Crippen LogP contribution in [0.5, 0.6) is 0 Å². The van der Waals surface area contributed by atoms with Crippen LogP contribution in [0.25, 0.3) is 0 Å². The number of carbonyl (C=O) groups excluding carboxylic acids is 1. The van der Waals surface area contributed by atoms with E-state index in [0.717, 1.165) is 11.3 Å². The number of amides is 1.